The van der Waals surface area contributed by atoms with Crippen LogP contribution in [0.4, 0.5) is 0 Å². The lowest BCUT2D eigenvalue weighted by Gasteiger charge is -2.32. The molecular weight excluding hydrogens is 400 g/mol. The summed E-state index contributed by atoms with van der Waals surface area (Å²) in [6.45, 7) is 5.83. The second-order valence-corrected chi connectivity index (χ2v) is 8.36. The quantitative estimate of drug-likeness (QED) is 0.573. The number of halogens is 1. The molecule has 0 spiro atoms. The first-order valence-corrected chi connectivity index (χ1v) is 10.8. The van der Waals surface area contributed by atoms with Gasteiger partial charge in [-0.25, -0.2) is 4.79 Å². The molecule has 1 aliphatic heterocycles. The van der Waals surface area contributed by atoms with Crippen molar-refractivity contribution < 1.29 is 14.6 Å². The number of carboxylic acid groups (broad SMARTS) is 1. The molecule has 5 nitrogen and oxygen atoms in total. The van der Waals surface area contributed by atoms with Gasteiger partial charge in [0.15, 0.2) is 0 Å². The van der Waals surface area contributed by atoms with Crippen molar-refractivity contribution in [3.63, 3.8) is 0 Å². The van der Waals surface area contributed by atoms with Crippen molar-refractivity contribution in [3.8, 4) is 5.75 Å². The van der Waals surface area contributed by atoms with Crippen molar-refractivity contribution in [1.82, 2.24) is 9.47 Å². The zero-order chi connectivity index (χ0) is 21.3. The summed E-state index contributed by atoms with van der Waals surface area (Å²) in [5.74, 6) is -0.0465. The number of hydrogen-bond acceptors (Lipinski definition) is 3. The van der Waals surface area contributed by atoms with Crippen LogP contribution in [0.25, 0.3) is 10.9 Å². The largest absolute Gasteiger partial charge is 0.496 e. The molecule has 6 heteroatoms. The number of methoxy groups -OCH3 is 1. The van der Waals surface area contributed by atoms with Gasteiger partial charge in [-0.15, -0.1) is 0 Å². The van der Waals surface area contributed by atoms with Crippen molar-refractivity contribution in [2.24, 2.45) is 0 Å². The minimum atomic E-state index is -0.960. The molecule has 1 aliphatic rings. The molecule has 0 aliphatic carbocycles. The topological polar surface area (TPSA) is 54.7 Å². The van der Waals surface area contributed by atoms with Gasteiger partial charge >= 0.3 is 5.97 Å². The van der Waals surface area contributed by atoms with Gasteiger partial charge in [-0.3, -0.25) is 4.90 Å². The highest BCUT2D eigenvalue weighted by molar-refractivity contribution is 6.31. The predicted octanol–water partition coefficient (Wildman–Crippen LogP) is 5.40. The molecule has 0 saturated carbocycles. The summed E-state index contributed by atoms with van der Waals surface area (Å²) in [7, 11) is 1.49. The number of aromatic carboxylic acids is 1. The Morgan fingerprint density at radius 3 is 2.63 bits per heavy atom. The standard InChI is InChI=1S/C24H27ClN2O3/c1-3-27-15-21(19-13-18(25)5-6-22(19)27)17-8-10-26(11-9-17)14-16-4-7-23(30-2)20(12-16)24(28)29/h4-7,12-13,15,17H,3,8-11,14H2,1-2H3,(H,28,29). The highest BCUT2D eigenvalue weighted by Crippen LogP contribution is 2.36. The number of ether oxygens (including phenoxy) is 1. The number of carbonyl (C=O) groups is 1. The Hall–Kier alpha value is -2.50. The summed E-state index contributed by atoms with van der Waals surface area (Å²) in [4.78, 5) is 13.9. The molecule has 158 valence electrons. The fourth-order valence-electron chi connectivity index (χ4n) is 4.56. The predicted molar refractivity (Wildman–Crippen MR) is 120 cm³/mol. The number of rotatable bonds is 6. The molecule has 1 fully saturated rings. The second kappa shape index (κ2) is 8.70. The first kappa shape index (κ1) is 20.8. The molecular formula is C24H27ClN2O3. The number of hydrogen-bond donors (Lipinski definition) is 1. The first-order chi connectivity index (χ1) is 14.5. The number of benzene rings is 2. The van der Waals surface area contributed by atoms with Crippen LogP contribution in [0.2, 0.25) is 5.02 Å². The van der Waals surface area contributed by atoms with Gasteiger partial charge in [0.2, 0.25) is 0 Å². The average molecular weight is 427 g/mol. The highest BCUT2D eigenvalue weighted by atomic mass is 35.5. The van der Waals surface area contributed by atoms with Gasteiger partial charge in [0.1, 0.15) is 11.3 Å². The van der Waals surface area contributed by atoms with Crippen LogP contribution in [0.15, 0.2) is 42.6 Å². The van der Waals surface area contributed by atoms with Crippen LogP contribution in [0.5, 0.6) is 5.75 Å². The maximum absolute atomic E-state index is 11.5. The third-order valence-corrected chi connectivity index (χ3v) is 6.38. The van der Waals surface area contributed by atoms with Gasteiger partial charge in [-0.1, -0.05) is 17.7 Å². The third kappa shape index (κ3) is 4.05. The summed E-state index contributed by atoms with van der Waals surface area (Å²) >= 11 is 6.28. The Bertz CT molecular complexity index is 1070. The fraction of sp³-hybridized carbons (Fsp3) is 0.375. The Kier molecular flexibility index (Phi) is 6.02. The number of aromatic nitrogens is 1. The van der Waals surface area contributed by atoms with E-state index in [9.17, 15) is 9.90 Å². The number of nitrogens with zero attached hydrogens (tertiary/aromatic N) is 2. The monoisotopic (exact) mass is 426 g/mol. The number of carboxylic acids is 1. The molecule has 4 rings (SSSR count). The molecule has 3 aromatic rings. The van der Waals surface area contributed by atoms with Gasteiger partial charge in [0.25, 0.3) is 0 Å². The zero-order valence-electron chi connectivity index (χ0n) is 17.4. The number of fused-ring (bicyclic) bond motifs is 1. The van der Waals surface area contributed by atoms with Crippen LogP contribution in [0.3, 0.4) is 0 Å². The number of piperidine rings is 1. The van der Waals surface area contributed by atoms with Crippen LogP contribution >= 0.6 is 11.6 Å². The van der Waals surface area contributed by atoms with E-state index >= 15 is 0 Å². The Labute approximate surface area is 181 Å². The zero-order valence-corrected chi connectivity index (χ0v) is 18.2. The molecule has 0 radical (unpaired) electrons. The summed E-state index contributed by atoms with van der Waals surface area (Å²) in [5.41, 5.74) is 3.86. The second-order valence-electron chi connectivity index (χ2n) is 7.92. The van der Waals surface area contributed by atoms with E-state index in [0.29, 0.717) is 11.7 Å². The van der Waals surface area contributed by atoms with E-state index < -0.39 is 5.97 Å². The van der Waals surface area contributed by atoms with Crippen LogP contribution in [-0.2, 0) is 13.1 Å². The van der Waals surface area contributed by atoms with Crippen LogP contribution < -0.4 is 4.74 Å². The van der Waals surface area contributed by atoms with E-state index in [1.54, 1.807) is 12.1 Å². The summed E-state index contributed by atoms with van der Waals surface area (Å²) in [6, 6.07) is 11.6. The SMILES string of the molecule is CCn1cc(C2CCN(Cc3ccc(OC)c(C(=O)O)c3)CC2)c2cc(Cl)ccc21. The minimum Gasteiger partial charge on any atom is -0.496 e. The fourth-order valence-corrected chi connectivity index (χ4v) is 4.74. The van der Waals surface area contributed by atoms with Gasteiger partial charge in [-0.2, -0.15) is 0 Å². The third-order valence-electron chi connectivity index (χ3n) is 6.14. The lowest BCUT2D eigenvalue weighted by Crippen LogP contribution is -2.32. The Morgan fingerprint density at radius 1 is 1.20 bits per heavy atom. The van der Waals surface area contributed by atoms with E-state index in [2.05, 4.69) is 34.7 Å². The first-order valence-electron chi connectivity index (χ1n) is 10.4. The van der Waals surface area contributed by atoms with Crippen molar-refractivity contribution in [1.29, 1.82) is 0 Å². The van der Waals surface area contributed by atoms with Crippen molar-refractivity contribution in [3.05, 3.63) is 64.3 Å². The maximum atomic E-state index is 11.5. The normalized spacial score (nSPS) is 15.6. The molecule has 1 saturated heterocycles. The maximum Gasteiger partial charge on any atom is 0.339 e. The molecule has 0 bridgehead atoms. The number of aryl methyl sites for hydroxylation is 1. The van der Waals surface area contributed by atoms with Gasteiger partial charge < -0.3 is 14.4 Å². The van der Waals surface area contributed by atoms with Crippen LogP contribution in [-0.4, -0.2) is 40.7 Å². The smallest absolute Gasteiger partial charge is 0.339 e. The van der Waals surface area contributed by atoms with E-state index in [1.807, 2.05) is 12.1 Å². The minimum absolute atomic E-state index is 0.217. The van der Waals surface area contributed by atoms with Crippen molar-refractivity contribution >= 4 is 28.5 Å². The van der Waals surface area contributed by atoms with E-state index in [4.69, 9.17) is 16.3 Å². The van der Waals surface area contributed by atoms with Gasteiger partial charge in [0, 0.05) is 35.2 Å². The molecule has 0 atom stereocenters. The lowest BCUT2D eigenvalue weighted by molar-refractivity contribution is 0.0693. The molecule has 1 aromatic heterocycles. The van der Waals surface area contributed by atoms with Crippen molar-refractivity contribution in [2.45, 2.75) is 38.8 Å². The molecule has 0 unspecified atom stereocenters. The molecule has 30 heavy (non-hydrogen) atoms. The Balaban J connectivity index is 1.47. The number of likely N-dealkylation sites (tertiary alicyclic amines) is 1. The Morgan fingerprint density at radius 2 is 1.97 bits per heavy atom. The van der Waals surface area contributed by atoms with Gasteiger partial charge in [-0.05, 0) is 80.2 Å². The van der Waals surface area contributed by atoms with E-state index in [-0.39, 0.29) is 5.56 Å². The summed E-state index contributed by atoms with van der Waals surface area (Å²) in [5, 5.41) is 11.5. The average Bonchev–Trinajstić information content (AvgIpc) is 3.12. The lowest BCUT2D eigenvalue weighted by atomic mass is 9.89. The molecule has 2 heterocycles. The van der Waals surface area contributed by atoms with Crippen LogP contribution in [0, 0.1) is 0 Å². The molecule has 1 N–H and O–H groups in total. The van der Waals surface area contributed by atoms with E-state index in [0.717, 1.165) is 49.6 Å². The van der Waals surface area contributed by atoms with Crippen molar-refractivity contribution in [2.75, 3.05) is 20.2 Å². The van der Waals surface area contributed by atoms with E-state index in [1.165, 1.54) is 23.6 Å². The summed E-state index contributed by atoms with van der Waals surface area (Å²) < 4.78 is 7.47. The van der Waals surface area contributed by atoms with Crippen LogP contribution in [0.1, 0.15) is 47.2 Å². The van der Waals surface area contributed by atoms with Gasteiger partial charge in [0.05, 0.1) is 7.11 Å². The highest BCUT2D eigenvalue weighted by Gasteiger charge is 2.24. The molecule has 0 amide bonds. The summed E-state index contributed by atoms with van der Waals surface area (Å²) in [6.07, 6.45) is 4.46. The molecule has 2 aromatic carbocycles.